The van der Waals surface area contributed by atoms with Crippen LogP contribution in [0.4, 0.5) is 0 Å². The van der Waals surface area contributed by atoms with Gasteiger partial charge in [-0.25, -0.2) is 4.79 Å². The molecule has 2 unspecified atom stereocenters. The van der Waals surface area contributed by atoms with Crippen LogP contribution in [0.15, 0.2) is 5.16 Å². The van der Waals surface area contributed by atoms with Gasteiger partial charge in [-0.1, -0.05) is 5.16 Å². The van der Waals surface area contributed by atoms with Crippen LogP contribution in [0, 0.1) is 11.3 Å². The first-order valence-electron chi connectivity index (χ1n) is 5.38. The van der Waals surface area contributed by atoms with Crippen molar-refractivity contribution in [2.75, 3.05) is 19.7 Å². The van der Waals surface area contributed by atoms with Crippen LogP contribution in [0.25, 0.3) is 0 Å². The number of hydrogen-bond donors (Lipinski definition) is 1. The average molecular weight is 253 g/mol. The Hall–Kier alpha value is -2.14. The first kappa shape index (κ1) is 12.3. The van der Waals surface area contributed by atoms with E-state index in [2.05, 4.69) is 5.16 Å². The smallest absolute Gasteiger partial charge is 0.353 e. The molecule has 0 bridgehead atoms. The Morgan fingerprint density at radius 3 is 2.94 bits per heavy atom. The summed E-state index contributed by atoms with van der Waals surface area (Å²) < 4.78 is 5.11. The standard InChI is InChI=1S/C10H11N3O5/c11-4-6-5-13(1-2-17-6)9(14)8-3-7(10(15)16)12-18-8/h6,8H,1-3,5H2,(H,15,16). The summed E-state index contributed by atoms with van der Waals surface area (Å²) in [5.74, 6) is -1.55. The minimum atomic E-state index is -1.19. The minimum Gasteiger partial charge on any atom is -0.477 e. The summed E-state index contributed by atoms with van der Waals surface area (Å²) in [7, 11) is 0. The molecule has 0 aromatic heterocycles. The van der Waals surface area contributed by atoms with Crippen LogP contribution in [0.1, 0.15) is 6.42 Å². The molecule has 8 heteroatoms. The van der Waals surface area contributed by atoms with E-state index in [4.69, 9.17) is 19.9 Å². The number of ether oxygens (including phenoxy) is 1. The van der Waals surface area contributed by atoms with Gasteiger partial charge in [-0.3, -0.25) is 4.79 Å². The highest BCUT2D eigenvalue weighted by molar-refractivity contribution is 6.36. The van der Waals surface area contributed by atoms with Crippen LogP contribution in [0.5, 0.6) is 0 Å². The van der Waals surface area contributed by atoms with E-state index in [1.54, 1.807) is 0 Å². The van der Waals surface area contributed by atoms with E-state index in [0.29, 0.717) is 6.54 Å². The number of carboxylic acid groups (broad SMARTS) is 1. The van der Waals surface area contributed by atoms with Gasteiger partial charge in [-0.05, 0) is 0 Å². The zero-order chi connectivity index (χ0) is 13.1. The van der Waals surface area contributed by atoms with E-state index >= 15 is 0 Å². The van der Waals surface area contributed by atoms with Crippen molar-refractivity contribution >= 4 is 17.6 Å². The molecule has 2 aliphatic rings. The minimum absolute atomic E-state index is 0.0528. The van der Waals surface area contributed by atoms with Crippen molar-refractivity contribution in [2.45, 2.75) is 18.6 Å². The molecule has 2 atom stereocenters. The Balaban J connectivity index is 1.93. The second-order valence-electron chi connectivity index (χ2n) is 3.91. The van der Waals surface area contributed by atoms with Crippen LogP contribution in [0.3, 0.4) is 0 Å². The molecule has 0 aliphatic carbocycles. The number of carboxylic acids is 1. The maximum atomic E-state index is 12.0. The monoisotopic (exact) mass is 253 g/mol. The molecule has 1 saturated heterocycles. The van der Waals surface area contributed by atoms with E-state index in [0.717, 1.165) is 0 Å². The Kier molecular flexibility index (Phi) is 3.43. The van der Waals surface area contributed by atoms with Crippen LogP contribution >= 0.6 is 0 Å². The van der Waals surface area contributed by atoms with E-state index < -0.39 is 18.2 Å². The predicted molar refractivity (Wildman–Crippen MR) is 56.5 cm³/mol. The van der Waals surface area contributed by atoms with Gasteiger partial charge in [0.15, 0.2) is 11.8 Å². The molecule has 18 heavy (non-hydrogen) atoms. The van der Waals surface area contributed by atoms with E-state index in [1.165, 1.54) is 4.90 Å². The number of carbonyl (C=O) groups excluding carboxylic acids is 1. The van der Waals surface area contributed by atoms with Gasteiger partial charge < -0.3 is 19.6 Å². The molecule has 2 rings (SSSR count). The number of aliphatic carboxylic acids is 1. The second-order valence-corrected chi connectivity index (χ2v) is 3.91. The molecule has 0 aromatic carbocycles. The lowest BCUT2D eigenvalue weighted by atomic mass is 10.1. The SMILES string of the molecule is N#CC1CN(C(=O)C2CC(C(=O)O)=NO2)CCO1. The maximum Gasteiger partial charge on any atom is 0.353 e. The zero-order valence-corrected chi connectivity index (χ0v) is 9.40. The number of oxime groups is 1. The number of nitriles is 1. The molecule has 1 N–H and O–H groups in total. The van der Waals surface area contributed by atoms with Crippen molar-refractivity contribution in [3.05, 3.63) is 0 Å². The van der Waals surface area contributed by atoms with Crippen LogP contribution < -0.4 is 0 Å². The number of amides is 1. The summed E-state index contributed by atoms with van der Waals surface area (Å²) in [6, 6.07) is 1.93. The highest BCUT2D eigenvalue weighted by Gasteiger charge is 2.36. The van der Waals surface area contributed by atoms with Gasteiger partial charge >= 0.3 is 5.97 Å². The Bertz CT molecular complexity index is 441. The van der Waals surface area contributed by atoms with E-state index in [1.807, 2.05) is 6.07 Å². The van der Waals surface area contributed by atoms with Crippen molar-refractivity contribution in [1.82, 2.24) is 4.90 Å². The maximum absolute atomic E-state index is 12.0. The van der Waals surface area contributed by atoms with Crippen molar-refractivity contribution in [3.8, 4) is 6.07 Å². The normalized spacial score (nSPS) is 27.1. The Morgan fingerprint density at radius 1 is 1.56 bits per heavy atom. The molecule has 0 radical (unpaired) electrons. The Morgan fingerprint density at radius 2 is 2.33 bits per heavy atom. The van der Waals surface area contributed by atoms with Gasteiger partial charge in [-0.2, -0.15) is 5.26 Å². The predicted octanol–water partition coefficient (Wildman–Crippen LogP) is -1.03. The molecular formula is C10H11N3O5. The third-order valence-electron chi connectivity index (χ3n) is 2.71. The van der Waals surface area contributed by atoms with Crippen LogP contribution in [-0.4, -0.2) is 59.5 Å². The fraction of sp³-hybridized carbons (Fsp3) is 0.600. The number of morpholine rings is 1. The topological polar surface area (TPSA) is 112 Å². The van der Waals surface area contributed by atoms with Gasteiger partial charge in [0.2, 0.25) is 6.10 Å². The van der Waals surface area contributed by atoms with Gasteiger partial charge in [0.1, 0.15) is 0 Å². The number of nitrogens with zero attached hydrogens (tertiary/aromatic N) is 3. The van der Waals surface area contributed by atoms with Gasteiger partial charge in [0, 0.05) is 13.0 Å². The van der Waals surface area contributed by atoms with E-state index in [9.17, 15) is 9.59 Å². The fourth-order valence-electron chi connectivity index (χ4n) is 1.77. The molecule has 1 amide bonds. The highest BCUT2D eigenvalue weighted by atomic mass is 16.6. The van der Waals surface area contributed by atoms with E-state index in [-0.39, 0.29) is 31.2 Å². The van der Waals surface area contributed by atoms with Crippen molar-refractivity contribution in [3.63, 3.8) is 0 Å². The summed E-state index contributed by atoms with van der Waals surface area (Å²) >= 11 is 0. The Labute approximate surface area is 102 Å². The molecule has 2 aliphatic heterocycles. The lowest BCUT2D eigenvalue weighted by Gasteiger charge is -2.30. The molecule has 2 heterocycles. The molecule has 0 saturated carbocycles. The molecule has 8 nitrogen and oxygen atoms in total. The van der Waals surface area contributed by atoms with Gasteiger partial charge in [-0.15, -0.1) is 0 Å². The summed E-state index contributed by atoms with van der Waals surface area (Å²) in [6.45, 7) is 0.806. The first-order chi connectivity index (χ1) is 8.61. The molecule has 1 fully saturated rings. The van der Waals surface area contributed by atoms with Crippen molar-refractivity contribution < 1.29 is 24.3 Å². The second kappa shape index (κ2) is 5.01. The zero-order valence-electron chi connectivity index (χ0n) is 9.40. The molecule has 0 spiro atoms. The lowest BCUT2D eigenvalue weighted by Crippen LogP contribution is -2.49. The van der Waals surface area contributed by atoms with Crippen molar-refractivity contribution in [1.29, 1.82) is 5.26 Å². The van der Waals surface area contributed by atoms with Crippen LogP contribution in [0.2, 0.25) is 0 Å². The van der Waals surface area contributed by atoms with Crippen molar-refractivity contribution in [2.24, 2.45) is 5.16 Å². The number of carbonyl (C=O) groups is 2. The molecule has 96 valence electrons. The first-order valence-corrected chi connectivity index (χ1v) is 5.38. The van der Waals surface area contributed by atoms with Crippen LogP contribution in [-0.2, 0) is 19.2 Å². The average Bonchev–Trinajstić information content (AvgIpc) is 2.87. The van der Waals surface area contributed by atoms with Gasteiger partial charge in [0.05, 0.1) is 19.2 Å². The molecule has 0 aromatic rings. The summed E-state index contributed by atoms with van der Waals surface area (Å²) in [5, 5.41) is 20.8. The lowest BCUT2D eigenvalue weighted by molar-refractivity contribution is -0.147. The summed E-state index contributed by atoms with van der Waals surface area (Å²) in [6.07, 6.45) is -1.61. The third kappa shape index (κ3) is 2.41. The largest absolute Gasteiger partial charge is 0.477 e. The third-order valence-corrected chi connectivity index (χ3v) is 2.71. The summed E-state index contributed by atoms with van der Waals surface area (Å²) in [5.41, 5.74) is -0.168. The fourth-order valence-corrected chi connectivity index (χ4v) is 1.77. The van der Waals surface area contributed by atoms with Gasteiger partial charge in [0.25, 0.3) is 5.91 Å². The number of hydrogen-bond acceptors (Lipinski definition) is 6. The highest BCUT2D eigenvalue weighted by Crippen LogP contribution is 2.15. The number of rotatable bonds is 2. The quantitative estimate of drug-likeness (QED) is 0.673. The molecular weight excluding hydrogens is 242 g/mol. The summed E-state index contributed by atoms with van der Waals surface area (Å²) in [4.78, 5) is 28.9.